The lowest BCUT2D eigenvalue weighted by Crippen LogP contribution is -2.26. The van der Waals surface area contributed by atoms with Crippen LogP contribution in [-0.4, -0.2) is 11.6 Å². The van der Waals surface area contributed by atoms with E-state index in [-0.39, 0.29) is 11.6 Å². The van der Waals surface area contributed by atoms with Crippen molar-refractivity contribution in [3.05, 3.63) is 12.2 Å². The van der Waals surface area contributed by atoms with Gasteiger partial charge in [-0.1, -0.05) is 5.57 Å². The maximum atomic E-state index is 10.7. The molecule has 0 spiro atoms. The Morgan fingerprint density at radius 1 is 1.42 bits per heavy atom. The Morgan fingerprint density at radius 2 is 1.92 bits per heavy atom. The third kappa shape index (κ3) is 5.96. The SMILES string of the molecule is C=C(C)CCC(C)(C)OC(C)=O. The first-order valence-electron chi connectivity index (χ1n) is 4.17. The van der Waals surface area contributed by atoms with Gasteiger partial charge in [-0.25, -0.2) is 0 Å². The minimum Gasteiger partial charge on any atom is -0.460 e. The van der Waals surface area contributed by atoms with Crippen LogP contribution in [0.4, 0.5) is 0 Å². The highest BCUT2D eigenvalue weighted by Gasteiger charge is 2.20. The van der Waals surface area contributed by atoms with Crippen molar-refractivity contribution in [2.24, 2.45) is 0 Å². The average Bonchev–Trinajstić information content (AvgIpc) is 1.81. The van der Waals surface area contributed by atoms with Gasteiger partial charge in [-0.05, 0) is 33.6 Å². The van der Waals surface area contributed by atoms with Crippen molar-refractivity contribution in [2.45, 2.75) is 46.1 Å². The molecule has 0 rings (SSSR count). The van der Waals surface area contributed by atoms with Gasteiger partial charge in [0.1, 0.15) is 5.60 Å². The molecular formula is C10H18O2. The normalized spacial score (nSPS) is 11.0. The third-order valence-corrected chi connectivity index (χ3v) is 1.57. The van der Waals surface area contributed by atoms with Gasteiger partial charge in [-0.15, -0.1) is 6.58 Å². The van der Waals surface area contributed by atoms with Crippen molar-refractivity contribution in [1.29, 1.82) is 0 Å². The Labute approximate surface area is 74.6 Å². The van der Waals surface area contributed by atoms with Crippen LogP contribution < -0.4 is 0 Å². The number of rotatable bonds is 4. The molecule has 0 atom stereocenters. The summed E-state index contributed by atoms with van der Waals surface area (Å²) in [5.74, 6) is -0.221. The molecule has 0 radical (unpaired) electrons. The van der Waals surface area contributed by atoms with Crippen molar-refractivity contribution in [3.63, 3.8) is 0 Å². The van der Waals surface area contributed by atoms with E-state index in [1.807, 2.05) is 20.8 Å². The Kier molecular flexibility index (Phi) is 4.01. The van der Waals surface area contributed by atoms with Gasteiger partial charge in [-0.2, -0.15) is 0 Å². The van der Waals surface area contributed by atoms with E-state index in [2.05, 4.69) is 6.58 Å². The van der Waals surface area contributed by atoms with Gasteiger partial charge < -0.3 is 4.74 Å². The number of carbonyl (C=O) groups excluding carboxylic acids is 1. The minimum atomic E-state index is -0.356. The van der Waals surface area contributed by atoms with Gasteiger partial charge >= 0.3 is 5.97 Å². The number of allylic oxidation sites excluding steroid dienone is 1. The molecule has 0 aliphatic heterocycles. The molecule has 0 unspecified atom stereocenters. The molecule has 70 valence electrons. The van der Waals surface area contributed by atoms with Crippen molar-refractivity contribution in [1.82, 2.24) is 0 Å². The molecule has 0 saturated carbocycles. The second-order valence-corrected chi connectivity index (χ2v) is 3.81. The zero-order chi connectivity index (χ0) is 9.78. The molecule has 0 N–H and O–H groups in total. The number of esters is 1. The Hall–Kier alpha value is -0.790. The number of carbonyl (C=O) groups is 1. The minimum absolute atomic E-state index is 0.221. The highest BCUT2D eigenvalue weighted by Crippen LogP contribution is 2.19. The van der Waals surface area contributed by atoms with Gasteiger partial charge in [0.2, 0.25) is 0 Å². The van der Waals surface area contributed by atoms with Gasteiger partial charge in [0.25, 0.3) is 0 Å². The first kappa shape index (κ1) is 11.2. The number of hydrogen-bond donors (Lipinski definition) is 0. The molecule has 0 aromatic heterocycles. The van der Waals surface area contributed by atoms with Crippen LogP contribution in [0.1, 0.15) is 40.5 Å². The summed E-state index contributed by atoms with van der Waals surface area (Å²) in [6, 6.07) is 0. The summed E-state index contributed by atoms with van der Waals surface area (Å²) < 4.78 is 5.11. The molecular weight excluding hydrogens is 152 g/mol. The summed E-state index contributed by atoms with van der Waals surface area (Å²) in [6.45, 7) is 11.0. The van der Waals surface area contributed by atoms with E-state index in [4.69, 9.17) is 4.74 Å². The summed E-state index contributed by atoms with van der Waals surface area (Å²) in [5.41, 5.74) is 0.764. The molecule has 0 heterocycles. The van der Waals surface area contributed by atoms with Gasteiger partial charge in [0.05, 0.1) is 0 Å². The number of ether oxygens (including phenoxy) is 1. The molecule has 2 nitrogen and oxygen atoms in total. The predicted octanol–water partition coefficient (Wildman–Crippen LogP) is 2.68. The third-order valence-electron chi connectivity index (χ3n) is 1.57. The fourth-order valence-corrected chi connectivity index (χ4v) is 0.955. The quantitative estimate of drug-likeness (QED) is 0.479. The van der Waals surface area contributed by atoms with Crippen LogP contribution in [0.3, 0.4) is 0 Å². The predicted molar refractivity (Wildman–Crippen MR) is 49.9 cm³/mol. The molecule has 0 aromatic carbocycles. The summed E-state index contributed by atoms with van der Waals surface area (Å²) in [7, 11) is 0. The Bertz CT molecular complexity index is 180. The molecule has 0 aliphatic rings. The van der Waals surface area contributed by atoms with Gasteiger partial charge in [0.15, 0.2) is 0 Å². The lowest BCUT2D eigenvalue weighted by atomic mass is 10.00. The largest absolute Gasteiger partial charge is 0.460 e. The fourth-order valence-electron chi connectivity index (χ4n) is 0.955. The molecule has 0 amide bonds. The van der Waals surface area contributed by atoms with Crippen molar-refractivity contribution >= 4 is 5.97 Å². The fraction of sp³-hybridized carbons (Fsp3) is 0.700. The highest BCUT2D eigenvalue weighted by molar-refractivity contribution is 5.66. The van der Waals surface area contributed by atoms with E-state index in [9.17, 15) is 4.79 Å². The van der Waals surface area contributed by atoms with Crippen LogP contribution in [0.5, 0.6) is 0 Å². The lowest BCUT2D eigenvalue weighted by Gasteiger charge is -2.24. The highest BCUT2D eigenvalue weighted by atomic mass is 16.6. The molecule has 0 aliphatic carbocycles. The van der Waals surface area contributed by atoms with E-state index in [0.717, 1.165) is 18.4 Å². The second-order valence-electron chi connectivity index (χ2n) is 3.81. The van der Waals surface area contributed by atoms with E-state index in [1.54, 1.807) is 0 Å². The van der Waals surface area contributed by atoms with Crippen LogP contribution in [0.2, 0.25) is 0 Å². The molecule has 2 heteroatoms. The Balaban J connectivity index is 3.86. The molecule has 12 heavy (non-hydrogen) atoms. The molecule has 0 bridgehead atoms. The van der Waals surface area contributed by atoms with Crippen molar-refractivity contribution in [3.8, 4) is 0 Å². The van der Waals surface area contributed by atoms with Crippen LogP contribution in [0.15, 0.2) is 12.2 Å². The summed E-state index contributed by atoms with van der Waals surface area (Å²) >= 11 is 0. The van der Waals surface area contributed by atoms with E-state index in [0.29, 0.717) is 0 Å². The summed E-state index contributed by atoms with van der Waals surface area (Å²) in [4.78, 5) is 10.7. The topological polar surface area (TPSA) is 26.3 Å². The first-order chi connectivity index (χ1) is 5.33. The monoisotopic (exact) mass is 170 g/mol. The van der Waals surface area contributed by atoms with Gasteiger partial charge in [0, 0.05) is 6.92 Å². The second kappa shape index (κ2) is 4.29. The zero-order valence-corrected chi connectivity index (χ0v) is 8.44. The van der Waals surface area contributed by atoms with E-state index >= 15 is 0 Å². The molecule has 0 fully saturated rings. The van der Waals surface area contributed by atoms with Gasteiger partial charge in [-0.3, -0.25) is 4.79 Å². The lowest BCUT2D eigenvalue weighted by molar-refractivity contribution is -0.154. The maximum Gasteiger partial charge on any atom is 0.303 e. The van der Waals surface area contributed by atoms with Crippen LogP contribution in [0, 0.1) is 0 Å². The Morgan fingerprint density at radius 3 is 2.25 bits per heavy atom. The summed E-state index contributed by atoms with van der Waals surface area (Å²) in [6.07, 6.45) is 1.74. The van der Waals surface area contributed by atoms with Crippen molar-refractivity contribution in [2.75, 3.05) is 0 Å². The summed E-state index contributed by atoms with van der Waals surface area (Å²) in [5, 5.41) is 0. The zero-order valence-electron chi connectivity index (χ0n) is 8.44. The van der Waals surface area contributed by atoms with E-state index in [1.165, 1.54) is 6.92 Å². The van der Waals surface area contributed by atoms with E-state index < -0.39 is 0 Å². The van der Waals surface area contributed by atoms with Crippen molar-refractivity contribution < 1.29 is 9.53 Å². The molecule has 0 saturated heterocycles. The standard InChI is InChI=1S/C10H18O2/c1-8(2)6-7-10(4,5)12-9(3)11/h1,6-7H2,2-5H3. The smallest absolute Gasteiger partial charge is 0.303 e. The first-order valence-corrected chi connectivity index (χ1v) is 4.17. The van der Waals surface area contributed by atoms with Crippen LogP contribution >= 0.6 is 0 Å². The molecule has 0 aromatic rings. The number of hydrogen-bond acceptors (Lipinski definition) is 2. The average molecular weight is 170 g/mol. The maximum absolute atomic E-state index is 10.7. The van der Waals surface area contributed by atoms with Crippen LogP contribution in [-0.2, 0) is 9.53 Å². The van der Waals surface area contributed by atoms with Crippen LogP contribution in [0.25, 0.3) is 0 Å².